The first kappa shape index (κ1) is 13.7. The van der Waals surface area contributed by atoms with Crippen LogP contribution in [0, 0.1) is 0 Å². The summed E-state index contributed by atoms with van der Waals surface area (Å²) in [6.07, 6.45) is 0.763. The number of carbonyl (C=O) groups excluding carboxylic acids is 1. The topological polar surface area (TPSA) is 73.6 Å². The first-order chi connectivity index (χ1) is 8.96. The fourth-order valence-corrected chi connectivity index (χ4v) is 2.25. The van der Waals surface area contributed by atoms with Crippen LogP contribution in [-0.2, 0) is 11.2 Å². The number of fused-ring (bicyclic) bond motifs is 1. The number of nitrogens with two attached hydrogens (primary N) is 1. The van der Waals surface area contributed by atoms with Gasteiger partial charge in [0.05, 0.1) is 0 Å². The number of amides is 1. The number of rotatable bonds is 4. The van der Waals surface area contributed by atoms with Gasteiger partial charge in [-0.25, -0.2) is 5.84 Å². The summed E-state index contributed by atoms with van der Waals surface area (Å²) in [5.74, 6) is 6.14. The van der Waals surface area contributed by atoms with E-state index in [4.69, 9.17) is 15.3 Å². The van der Waals surface area contributed by atoms with Crippen LogP contribution in [-0.4, -0.2) is 17.6 Å². The van der Waals surface area contributed by atoms with Gasteiger partial charge in [0.15, 0.2) is 17.6 Å². The van der Waals surface area contributed by atoms with Crippen molar-refractivity contribution in [2.45, 2.75) is 45.3 Å². The third kappa shape index (κ3) is 2.81. The smallest absolute Gasteiger partial charge is 0.274 e. The van der Waals surface area contributed by atoms with Crippen molar-refractivity contribution < 1.29 is 14.3 Å². The SMILES string of the molecule is CCC(Oc1cccc2c1OC(C)(C)C2)C(=O)NN. The zero-order chi connectivity index (χ0) is 14.0. The molecule has 0 radical (unpaired) electrons. The van der Waals surface area contributed by atoms with Crippen LogP contribution in [0.1, 0.15) is 32.8 Å². The highest BCUT2D eigenvalue weighted by Crippen LogP contribution is 2.42. The Labute approximate surface area is 113 Å². The van der Waals surface area contributed by atoms with Crippen molar-refractivity contribution in [3.05, 3.63) is 23.8 Å². The number of hydrogen-bond acceptors (Lipinski definition) is 4. The average molecular weight is 264 g/mol. The maximum absolute atomic E-state index is 11.6. The molecule has 1 unspecified atom stereocenters. The van der Waals surface area contributed by atoms with Crippen LogP contribution in [0.4, 0.5) is 0 Å². The first-order valence-corrected chi connectivity index (χ1v) is 6.45. The molecule has 1 heterocycles. The molecular formula is C14H20N2O3. The van der Waals surface area contributed by atoms with Crippen molar-refractivity contribution >= 4 is 5.91 Å². The van der Waals surface area contributed by atoms with E-state index in [1.807, 2.05) is 39.0 Å². The first-order valence-electron chi connectivity index (χ1n) is 6.45. The Hall–Kier alpha value is -1.75. The average Bonchev–Trinajstić information content (AvgIpc) is 2.69. The summed E-state index contributed by atoms with van der Waals surface area (Å²) in [6, 6.07) is 5.74. The van der Waals surface area contributed by atoms with Gasteiger partial charge < -0.3 is 9.47 Å². The third-order valence-electron chi connectivity index (χ3n) is 3.13. The molecule has 0 saturated heterocycles. The quantitative estimate of drug-likeness (QED) is 0.491. The zero-order valence-electron chi connectivity index (χ0n) is 11.5. The van der Waals surface area contributed by atoms with Gasteiger partial charge >= 0.3 is 0 Å². The van der Waals surface area contributed by atoms with Crippen molar-refractivity contribution in [2.24, 2.45) is 5.84 Å². The molecule has 1 aromatic carbocycles. The second-order valence-electron chi connectivity index (χ2n) is 5.31. The molecule has 1 amide bonds. The molecule has 0 bridgehead atoms. The summed E-state index contributed by atoms with van der Waals surface area (Å²) in [5, 5.41) is 0. The molecule has 1 aliphatic heterocycles. The van der Waals surface area contributed by atoms with Crippen molar-refractivity contribution in [1.82, 2.24) is 5.43 Å². The van der Waals surface area contributed by atoms with Crippen LogP contribution < -0.4 is 20.7 Å². The van der Waals surface area contributed by atoms with E-state index in [1.54, 1.807) is 0 Å². The van der Waals surface area contributed by atoms with E-state index >= 15 is 0 Å². The van der Waals surface area contributed by atoms with Crippen molar-refractivity contribution in [2.75, 3.05) is 0 Å². The molecule has 3 N–H and O–H groups in total. The summed E-state index contributed by atoms with van der Waals surface area (Å²) in [7, 11) is 0. The second-order valence-corrected chi connectivity index (χ2v) is 5.31. The Morgan fingerprint density at radius 3 is 2.95 bits per heavy atom. The fraction of sp³-hybridized carbons (Fsp3) is 0.500. The summed E-state index contributed by atoms with van der Waals surface area (Å²) < 4.78 is 11.6. The van der Waals surface area contributed by atoms with Crippen molar-refractivity contribution in [1.29, 1.82) is 0 Å². The predicted molar refractivity (Wildman–Crippen MR) is 71.9 cm³/mol. The Morgan fingerprint density at radius 1 is 1.58 bits per heavy atom. The van der Waals surface area contributed by atoms with Crippen molar-refractivity contribution in [3.63, 3.8) is 0 Å². The highest BCUT2D eigenvalue weighted by atomic mass is 16.5. The van der Waals surface area contributed by atoms with E-state index in [9.17, 15) is 4.79 Å². The van der Waals surface area contributed by atoms with Gasteiger partial charge in [0.1, 0.15) is 5.60 Å². The molecule has 2 rings (SSSR count). The molecule has 1 aromatic rings. The summed E-state index contributed by atoms with van der Waals surface area (Å²) >= 11 is 0. The van der Waals surface area contributed by atoms with Gasteiger partial charge in [-0.05, 0) is 26.3 Å². The van der Waals surface area contributed by atoms with E-state index in [1.165, 1.54) is 0 Å². The molecule has 0 aliphatic carbocycles. The molecule has 0 aromatic heterocycles. The highest BCUT2D eigenvalue weighted by Gasteiger charge is 2.33. The molecule has 5 heteroatoms. The van der Waals surface area contributed by atoms with Crippen LogP contribution >= 0.6 is 0 Å². The van der Waals surface area contributed by atoms with Crippen LogP contribution in [0.2, 0.25) is 0 Å². The molecule has 104 valence electrons. The molecule has 1 aliphatic rings. The Bertz CT molecular complexity index is 486. The third-order valence-corrected chi connectivity index (χ3v) is 3.13. The molecular weight excluding hydrogens is 244 g/mol. The van der Waals surface area contributed by atoms with Gasteiger partial charge in [0, 0.05) is 12.0 Å². The standard InChI is InChI=1S/C14H20N2O3/c1-4-10(13(17)16-15)18-11-7-5-6-9-8-14(2,3)19-12(9)11/h5-7,10H,4,8,15H2,1-3H3,(H,16,17). The van der Waals surface area contributed by atoms with E-state index < -0.39 is 6.10 Å². The number of nitrogens with one attached hydrogen (secondary N) is 1. The van der Waals surface area contributed by atoms with Crippen LogP contribution in [0.3, 0.4) is 0 Å². The lowest BCUT2D eigenvalue weighted by molar-refractivity contribution is -0.128. The number of hydrogen-bond donors (Lipinski definition) is 2. The van der Waals surface area contributed by atoms with Gasteiger partial charge in [-0.15, -0.1) is 0 Å². The van der Waals surface area contributed by atoms with Gasteiger partial charge in [-0.2, -0.15) is 0 Å². The number of carbonyl (C=O) groups is 1. The molecule has 0 fully saturated rings. The van der Waals surface area contributed by atoms with E-state index in [0.29, 0.717) is 12.2 Å². The van der Waals surface area contributed by atoms with E-state index in [2.05, 4.69) is 5.43 Å². The number of benzene rings is 1. The Balaban J connectivity index is 2.24. The monoisotopic (exact) mass is 264 g/mol. The molecule has 0 saturated carbocycles. The maximum Gasteiger partial charge on any atom is 0.274 e. The lowest BCUT2D eigenvalue weighted by Crippen LogP contribution is -2.41. The molecule has 0 spiro atoms. The van der Waals surface area contributed by atoms with Gasteiger partial charge in [0.25, 0.3) is 5.91 Å². The number of para-hydroxylation sites is 1. The van der Waals surface area contributed by atoms with Gasteiger partial charge in [-0.1, -0.05) is 19.1 Å². The minimum atomic E-state index is -0.608. The van der Waals surface area contributed by atoms with Gasteiger partial charge in [0.2, 0.25) is 0 Å². The normalized spacial score (nSPS) is 17.3. The largest absolute Gasteiger partial charge is 0.483 e. The fourth-order valence-electron chi connectivity index (χ4n) is 2.25. The minimum absolute atomic E-state index is 0.236. The summed E-state index contributed by atoms with van der Waals surface area (Å²) in [5.41, 5.74) is 2.98. The van der Waals surface area contributed by atoms with E-state index in [-0.39, 0.29) is 11.5 Å². The van der Waals surface area contributed by atoms with E-state index in [0.717, 1.165) is 17.7 Å². The number of ether oxygens (including phenoxy) is 2. The second kappa shape index (κ2) is 5.09. The molecule has 19 heavy (non-hydrogen) atoms. The Kier molecular flexibility index (Phi) is 3.66. The highest BCUT2D eigenvalue weighted by molar-refractivity contribution is 5.80. The molecule has 5 nitrogen and oxygen atoms in total. The zero-order valence-corrected chi connectivity index (χ0v) is 11.5. The Morgan fingerprint density at radius 2 is 2.32 bits per heavy atom. The lowest BCUT2D eigenvalue weighted by atomic mass is 10.0. The molecule has 1 atom stereocenters. The maximum atomic E-state index is 11.6. The van der Waals surface area contributed by atoms with Crippen LogP contribution in [0.15, 0.2) is 18.2 Å². The lowest BCUT2D eigenvalue weighted by Gasteiger charge is -2.20. The van der Waals surface area contributed by atoms with Crippen LogP contribution in [0.25, 0.3) is 0 Å². The van der Waals surface area contributed by atoms with Gasteiger partial charge in [-0.3, -0.25) is 10.2 Å². The predicted octanol–water partition coefficient (Wildman–Crippen LogP) is 1.55. The van der Waals surface area contributed by atoms with Crippen LogP contribution in [0.5, 0.6) is 11.5 Å². The summed E-state index contributed by atoms with van der Waals surface area (Å²) in [4.78, 5) is 11.6. The summed E-state index contributed by atoms with van der Waals surface area (Å²) in [6.45, 7) is 5.93. The number of hydrazine groups is 1. The minimum Gasteiger partial charge on any atom is -0.483 e. The van der Waals surface area contributed by atoms with Crippen molar-refractivity contribution in [3.8, 4) is 11.5 Å².